The van der Waals surface area contributed by atoms with E-state index in [1.165, 1.54) is 0 Å². The lowest BCUT2D eigenvalue weighted by Crippen LogP contribution is -2.54. The van der Waals surface area contributed by atoms with E-state index in [9.17, 15) is 26.3 Å². The highest BCUT2D eigenvalue weighted by molar-refractivity contribution is 5.48. The van der Waals surface area contributed by atoms with Crippen LogP contribution in [-0.4, -0.2) is 12.4 Å². The Kier molecular flexibility index (Phi) is 7.43. The molecule has 0 heterocycles. The molecule has 0 saturated heterocycles. The summed E-state index contributed by atoms with van der Waals surface area (Å²) in [4.78, 5) is 0. The predicted molar refractivity (Wildman–Crippen MR) is 138 cm³/mol. The van der Waals surface area contributed by atoms with Gasteiger partial charge in [-0.25, -0.2) is 0 Å². The van der Waals surface area contributed by atoms with E-state index in [4.69, 9.17) is 9.47 Å². The Morgan fingerprint density at radius 1 is 0.410 bits per heavy atom. The van der Waals surface area contributed by atoms with E-state index < -0.39 is 28.9 Å². The van der Waals surface area contributed by atoms with Crippen LogP contribution in [0.1, 0.15) is 33.4 Å². The highest BCUT2D eigenvalue weighted by Crippen LogP contribution is 2.56. The van der Waals surface area contributed by atoms with Crippen molar-refractivity contribution in [1.29, 1.82) is 0 Å². The van der Waals surface area contributed by atoms with Gasteiger partial charge in [0.05, 0.1) is 0 Å². The van der Waals surface area contributed by atoms with Gasteiger partial charge in [0, 0.05) is 0 Å². The van der Waals surface area contributed by atoms with Crippen molar-refractivity contribution in [1.82, 2.24) is 0 Å². The number of aryl methyl sites for hydroxylation is 4. The fourth-order valence-electron chi connectivity index (χ4n) is 4.78. The molecule has 0 fully saturated rings. The van der Waals surface area contributed by atoms with Crippen molar-refractivity contribution in [3.8, 4) is 23.0 Å². The van der Waals surface area contributed by atoms with Crippen LogP contribution >= 0.6 is 0 Å². The number of alkyl halides is 6. The molecule has 0 aliphatic carbocycles. The molecule has 0 radical (unpaired) electrons. The number of halogens is 6. The van der Waals surface area contributed by atoms with Gasteiger partial charge in [0.25, 0.3) is 0 Å². The van der Waals surface area contributed by atoms with E-state index in [0.717, 1.165) is 70.8 Å². The molecule has 0 unspecified atom stereocenters. The fourth-order valence-corrected chi connectivity index (χ4v) is 4.78. The molecule has 4 rings (SSSR count). The van der Waals surface area contributed by atoms with E-state index in [1.54, 1.807) is 24.3 Å². The molecule has 0 aliphatic rings. The van der Waals surface area contributed by atoms with Gasteiger partial charge in [-0.2, -0.15) is 26.3 Å². The minimum Gasteiger partial charge on any atom is -0.457 e. The summed E-state index contributed by atoms with van der Waals surface area (Å²) in [6.07, 6.45) is -11.4. The van der Waals surface area contributed by atoms with Gasteiger partial charge in [-0.3, -0.25) is 0 Å². The molecule has 0 N–H and O–H groups in total. The van der Waals surface area contributed by atoms with E-state index >= 15 is 0 Å². The third-order valence-electron chi connectivity index (χ3n) is 6.29. The highest BCUT2D eigenvalue weighted by atomic mass is 19.4. The zero-order chi connectivity index (χ0) is 28.6. The Morgan fingerprint density at radius 2 is 0.692 bits per heavy atom. The molecule has 8 heteroatoms. The first-order valence-electron chi connectivity index (χ1n) is 12.1. The summed E-state index contributed by atoms with van der Waals surface area (Å²) < 4.78 is 98.6. The number of hydrogen-bond donors (Lipinski definition) is 0. The minimum absolute atomic E-state index is 0.110. The maximum Gasteiger partial charge on any atom is 0.411 e. The second kappa shape index (κ2) is 10.3. The standard InChI is InChI=1S/C31H26F6O2/c1-19-13-20(2)16-27(15-19)38-25-9-5-23(6-10-25)29(30(32,33)34,31(35,36)37)24-7-11-26(12-8-24)39-28-17-21(3)14-22(4)18-28/h5-18H,1-4H3. The van der Waals surface area contributed by atoms with Crippen LogP contribution in [0.25, 0.3) is 0 Å². The van der Waals surface area contributed by atoms with E-state index in [2.05, 4.69) is 0 Å². The average Bonchev–Trinajstić information content (AvgIpc) is 2.78. The topological polar surface area (TPSA) is 18.5 Å². The summed E-state index contributed by atoms with van der Waals surface area (Å²) in [5.41, 5.74) is -2.60. The molecular weight excluding hydrogens is 518 g/mol. The number of hydrogen-bond acceptors (Lipinski definition) is 2. The van der Waals surface area contributed by atoms with Crippen LogP contribution in [0.2, 0.25) is 0 Å². The molecule has 0 aliphatic heterocycles. The largest absolute Gasteiger partial charge is 0.457 e. The number of ether oxygens (including phenoxy) is 2. The third-order valence-corrected chi connectivity index (χ3v) is 6.29. The second-order valence-electron chi connectivity index (χ2n) is 9.65. The quantitative estimate of drug-likeness (QED) is 0.225. The number of rotatable bonds is 6. The Morgan fingerprint density at radius 3 is 0.949 bits per heavy atom. The van der Waals surface area contributed by atoms with Crippen molar-refractivity contribution in [3.63, 3.8) is 0 Å². The Labute approximate surface area is 222 Å². The molecular formula is C31H26F6O2. The van der Waals surface area contributed by atoms with Crippen LogP contribution in [0.3, 0.4) is 0 Å². The molecule has 0 amide bonds. The fraction of sp³-hybridized carbons (Fsp3) is 0.226. The molecule has 4 aromatic rings. The Hall–Kier alpha value is -3.94. The van der Waals surface area contributed by atoms with E-state index in [-0.39, 0.29) is 11.5 Å². The molecule has 0 atom stereocenters. The van der Waals surface area contributed by atoms with Gasteiger partial charge < -0.3 is 9.47 Å². The monoisotopic (exact) mass is 544 g/mol. The lowest BCUT2D eigenvalue weighted by atomic mass is 9.73. The lowest BCUT2D eigenvalue weighted by molar-refractivity contribution is -0.288. The molecule has 2 nitrogen and oxygen atoms in total. The van der Waals surface area contributed by atoms with Crippen LogP contribution in [0.5, 0.6) is 23.0 Å². The summed E-state index contributed by atoms with van der Waals surface area (Å²) in [5, 5.41) is 0. The van der Waals surface area contributed by atoms with Crippen LogP contribution < -0.4 is 9.47 Å². The van der Waals surface area contributed by atoms with Gasteiger partial charge in [-0.15, -0.1) is 0 Å². The summed E-state index contributed by atoms with van der Waals surface area (Å²) in [6.45, 7) is 7.40. The van der Waals surface area contributed by atoms with Gasteiger partial charge in [-0.05, 0) is 110 Å². The average molecular weight is 545 g/mol. The Balaban J connectivity index is 1.73. The van der Waals surface area contributed by atoms with Crippen molar-refractivity contribution in [2.24, 2.45) is 0 Å². The Bertz CT molecular complexity index is 1300. The van der Waals surface area contributed by atoms with Crippen LogP contribution in [0.15, 0.2) is 84.9 Å². The lowest BCUT2D eigenvalue weighted by Gasteiger charge is -2.38. The first kappa shape index (κ1) is 28.1. The van der Waals surface area contributed by atoms with Crippen molar-refractivity contribution >= 4 is 0 Å². The first-order chi connectivity index (χ1) is 18.2. The van der Waals surface area contributed by atoms with Crippen molar-refractivity contribution in [3.05, 3.63) is 118 Å². The molecule has 0 bridgehead atoms. The maximum atomic E-state index is 14.5. The molecule has 0 saturated carbocycles. The van der Waals surface area contributed by atoms with Crippen LogP contribution in [-0.2, 0) is 5.41 Å². The zero-order valence-electron chi connectivity index (χ0n) is 21.7. The molecule has 4 aromatic carbocycles. The normalized spacial score (nSPS) is 12.4. The summed E-state index contributed by atoms with van der Waals surface area (Å²) in [7, 11) is 0. The zero-order valence-corrected chi connectivity index (χ0v) is 21.7. The predicted octanol–water partition coefficient (Wildman–Crippen LogP) is 9.92. The summed E-state index contributed by atoms with van der Waals surface area (Å²) in [5.74, 6) is 1.08. The van der Waals surface area contributed by atoms with E-state index in [0.29, 0.717) is 11.5 Å². The van der Waals surface area contributed by atoms with Gasteiger partial charge in [0.15, 0.2) is 0 Å². The third kappa shape index (κ3) is 5.75. The van der Waals surface area contributed by atoms with Crippen molar-refractivity contribution < 1.29 is 35.8 Å². The maximum absolute atomic E-state index is 14.5. The summed E-state index contributed by atoms with van der Waals surface area (Å²) >= 11 is 0. The van der Waals surface area contributed by atoms with Crippen molar-refractivity contribution in [2.75, 3.05) is 0 Å². The minimum atomic E-state index is -5.70. The van der Waals surface area contributed by atoms with Crippen molar-refractivity contribution in [2.45, 2.75) is 45.5 Å². The molecule has 39 heavy (non-hydrogen) atoms. The highest BCUT2D eigenvalue weighted by Gasteiger charge is 2.72. The van der Waals surface area contributed by atoms with Gasteiger partial charge in [0.1, 0.15) is 23.0 Å². The van der Waals surface area contributed by atoms with Gasteiger partial charge >= 0.3 is 12.4 Å². The van der Waals surface area contributed by atoms with Gasteiger partial charge in [-0.1, -0.05) is 36.4 Å². The molecule has 0 aromatic heterocycles. The SMILES string of the molecule is Cc1cc(C)cc(Oc2ccc(C(c3ccc(Oc4cc(C)cc(C)c4)cc3)(C(F)(F)F)C(F)(F)F)cc2)c1. The summed E-state index contributed by atoms with van der Waals surface area (Å²) in [6, 6.07) is 18.4. The first-order valence-corrected chi connectivity index (χ1v) is 12.1. The smallest absolute Gasteiger partial charge is 0.411 e. The number of benzene rings is 4. The van der Waals surface area contributed by atoms with Crippen LogP contribution in [0.4, 0.5) is 26.3 Å². The van der Waals surface area contributed by atoms with Crippen LogP contribution in [0, 0.1) is 27.7 Å². The van der Waals surface area contributed by atoms with Gasteiger partial charge in [0.2, 0.25) is 5.41 Å². The molecule has 204 valence electrons. The van der Waals surface area contributed by atoms with E-state index in [1.807, 2.05) is 39.8 Å². The second-order valence-corrected chi connectivity index (χ2v) is 9.65. The molecule has 0 spiro atoms.